The zero-order chi connectivity index (χ0) is 14.1. The number of nitrogens with zero attached hydrogens (tertiary/aromatic N) is 5. The molecular formula is C12H12BrN5O2S. The van der Waals surface area contributed by atoms with E-state index in [2.05, 4.69) is 15.3 Å². The number of fused-ring (bicyclic) bond motifs is 1. The van der Waals surface area contributed by atoms with E-state index in [0.29, 0.717) is 5.75 Å². The van der Waals surface area contributed by atoms with Crippen molar-refractivity contribution in [2.75, 3.05) is 5.75 Å². The molecule has 0 unspecified atom stereocenters. The van der Waals surface area contributed by atoms with Gasteiger partial charge in [0.1, 0.15) is 0 Å². The van der Waals surface area contributed by atoms with Gasteiger partial charge in [-0.1, -0.05) is 30.8 Å². The Bertz CT molecular complexity index is 715. The molecule has 2 heterocycles. The number of hydrogen-bond donors (Lipinski definition) is 0. The third-order valence-corrected chi connectivity index (χ3v) is 3.87. The third kappa shape index (κ3) is 2.98. The van der Waals surface area contributed by atoms with Crippen molar-refractivity contribution in [3.63, 3.8) is 0 Å². The number of nitro groups is 1. The number of rotatable bonds is 3. The van der Waals surface area contributed by atoms with Crippen LogP contribution in [0.15, 0.2) is 34.5 Å². The molecule has 7 nitrogen and oxygen atoms in total. The van der Waals surface area contributed by atoms with Crippen LogP contribution in [0.4, 0.5) is 5.69 Å². The van der Waals surface area contributed by atoms with Gasteiger partial charge in [0.05, 0.1) is 10.6 Å². The first-order valence-corrected chi connectivity index (χ1v) is 7.07. The number of halogens is 1. The van der Waals surface area contributed by atoms with Crippen LogP contribution < -0.4 is 0 Å². The van der Waals surface area contributed by atoms with Gasteiger partial charge in [0.2, 0.25) is 5.16 Å². The number of nitro benzene ring substituents is 1. The fourth-order valence-electron chi connectivity index (χ4n) is 1.93. The van der Waals surface area contributed by atoms with Crippen LogP contribution in [0.1, 0.15) is 18.3 Å². The third-order valence-electron chi connectivity index (χ3n) is 2.94. The molecule has 0 spiro atoms. The molecule has 0 aliphatic carbocycles. The van der Waals surface area contributed by atoms with Crippen LogP contribution >= 0.6 is 28.7 Å². The lowest BCUT2D eigenvalue weighted by Gasteiger charge is -2.13. The van der Waals surface area contributed by atoms with E-state index in [-0.39, 0.29) is 22.7 Å². The van der Waals surface area contributed by atoms with Gasteiger partial charge in [-0.2, -0.15) is 9.78 Å². The van der Waals surface area contributed by atoms with Crippen LogP contribution in [-0.2, 0) is 6.42 Å². The summed E-state index contributed by atoms with van der Waals surface area (Å²) in [5, 5.41) is 24.2. The van der Waals surface area contributed by atoms with E-state index in [1.807, 2.05) is 13.0 Å². The smallest absolute Gasteiger partial charge is 0.258 e. The predicted molar refractivity (Wildman–Crippen MR) is 85.5 cm³/mol. The van der Waals surface area contributed by atoms with Gasteiger partial charge in [0.25, 0.3) is 5.69 Å². The first kappa shape index (κ1) is 15.6. The lowest BCUT2D eigenvalue weighted by atomic mass is 10.1. The van der Waals surface area contributed by atoms with Crippen molar-refractivity contribution in [2.24, 2.45) is 5.10 Å². The minimum absolute atomic E-state index is 0. The number of non-ortho nitro benzene ring substituents is 1. The lowest BCUT2D eigenvalue weighted by molar-refractivity contribution is -0.384. The number of benzene rings is 1. The lowest BCUT2D eigenvalue weighted by Crippen LogP contribution is -2.14. The zero-order valence-corrected chi connectivity index (χ0v) is 13.6. The van der Waals surface area contributed by atoms with E-state index in [1.54, 1.807) is 16.8 Å². The van der Waals surface area contributed by atoms with Crippen LogP contribution in [0, 0.1) is 10.1 Å². The molecule has 110 valence electrons. The molecule has 2 aromatic rings. The fraction of sp³-hybridized carbons (Fsp3) is 0.250. The van der Waals surface area contributed by atoms with Crippen molar-refractivity contribution in [1.29, 1.82) is 0 Å². The molecule has 1 aliphatic heterocycles. The molecule has 0 N–H and O–H groups in total. The molecule has 0 amide bonds. The predicted octanol–water partition coefficient (Wildman–Crippen LogP) is 2.68. The summed E-state index contributed by atoms with van der Waals surface area (Å²) < 4.78 is 1.71. The molecular weight excluding hydrogens is 358 g/mol. The number of aryl methyl sites for hydroxylation is 1. The molecule has 0 fully saturated rings. The Morgan fingerprint density at radius 2 is 2.24 bits per heavy atom. The molecule has 0 radical (unpaired) electrons. The molecule has 0 saturated carbocycles. The van der Waals surface area contributed by atoms with Crippen molar-refractivity contribution >= 4 is 40.1 Å². The topological polar surface area (TPSA) is 86.2 Å². The summed E-state index contributed by atoms with van der Waals surface area (Å²) >= 11 is 1.53. The van der Waals surface area contributed by atoms with E-state index >= 15 is 0 Å². The van der Waals surface area contributed by atoms with Crippen molar-refractivity contribution in [3.8, 4) is 0 Å². The normalized spacial score (nSPS) is 13.1. The van der Waals surface area contributed by atoms with Gasteiger partial charge >= 0.3 is 0 Å². The number of hydrogen-bond acceptors (Lipinski definition) is 6. The van der Waals surface area contributed by atoms with Gasteiger partial charge in [-0.05, 0) is 0 Å². The molecule has 0 bridgehead atoms. The molecule has 3 rings (SSSR count). The monoisotopic (exact) mass is 369 g/mol. The Morgan fingerprint density at radius 3 is 2.95 bits per heavy atom. The molecule has 9 heteroatoms. The largest absolute Gasteiger partial charge is 0.270 e. The second kappa shape index (κ2) is 6.35. The van der Waals surface area contributed by atoms with E-state index in [1.165, 1.54) is 17.8 Å². The van der Waals surface area contributed by atoms with Crippen LogP contribution in [0.2, 0.25) is 0 Å². The number of aromatic nitrogens is 3. The maximum atomic E-state index is 10.8. The second-order valence-corrected chi connectivity index (χ2v) is 5.15. The van der Waals surface area contributed by atoms with Crippen LogP contribution in [0.5, 0.6) is 0 Å². The molecule has 21 heavy (non-hydrogen) atoms. The summed E-state index contributed by atoms with van der Waals surface area (Å²) in [6.07, 6.45) is 0.735. The maximum Gasteiger partial charge on any atom is 0.270 e. The molecule has 0 saturated heterocycles. The zero-order valence-electron chi connectivity index (χ0n) is 11.1. The summed E-state index contributed by atoms with van der Waals surface area (Å²) in [6, 6.07) is 6.51. The van der Waals surface area contributed by atoms with Gasteiger partial charge in [0, 0.05) is 29.9 Å². The van der Waals surface area contributed by atoms with E-state index in [4.69, 9.17) is 0 Å². The van der Waals surface area contributed by atoms with Crippen molar-refractivity contribution in [3.05, 3.63) is 45.8 Å². The fourth-order valence-corrected chi connectivity index (χ4v) is 2.79. The molecule has 1 aliphatic rings. The molecule has 1 aromatic carbocycles. The van der Waals surface area contributed by atoms with Gasteiger partial charge in [-0.3, -0.25) is 10.1 Å². The van der Waals surface area contributed by atoms with Gasteiger partial charge < -0.3 is 0 Å². The molecule has 1 aromatic heterocycles. The highest BCUT2D eigenvalue weighted by Gasteiger charge is 2.20. The van der Waals surface area contributed by atoms with Crippen LogP contribution in [0.3, 0.4) is 0 Å². The minimum Gasteiger partial charge on any atom is -0.258 e. The van der Waals surface area contributed by atoms with E-state index in [9.17, 15) is 10.1 Å². The highest BCUT2D eigenvalue weighted by Crippen LogP contribution is 2.25. The summed E-state index contributed by atoms with van der Waals surface area (Å²) in [7, 11) is 0. The summed E-state index contributed by atoms with van der Waals surface area (Å²) in [5.74, 6) is 1.42. The first-order valence-electron chi connectivity index (χ1n) is 6.09. The highest BCUT2D eigenvalue weighted by molar-refractivity contribution is 8.93. The Morgan fingerprint density at radius 1 is 1.43 bits per heavy atom. The van der Waals surface area contributed by atoms with Crippen LogP contribution in [-0.4, -0.2) is 31.3 Å². The van der Waals surface area contributed by atoms with Crippen molar-refractivity contribution in [1.82, 2.24) is 14.9 Å². The Kier molecular flexibility index (Phi) is 4.73. The first-order chi connectivity index (χ1) is 9.69. The Balaban J connectivity index is 0.00000161. The van der Waals surface area contributed by atoms with Gasteiger partial charge in [-0.15, -0.1) is 27.2 Å². The highest BCUT2D eigenvalue weighted by atomic mass is 79.9. The Labute approximate surface area is 135 Å². The van der Waals surface area contributed by atoms with E-state index < -0.39 is 4.92 Å². The summed E-state index contributed by atoms with van der Waals surface area (Å²) in [5.41, 5.74) is 1.62. The van der Waals surface area contributed by atoms with Crippen LogP contribution in [0.25, 0.3) is 0 Å². The SMILES string of the molecule is Br.CCc1nnc2n1N=C(c1cccc([N+](=O)[O-])c1)CS2. The van der Waals surface area contributed by atoms with Crippen molar-refractivity contribution < 1.29 is 4.92 Å². The van der Waals surface area contributed by atoms with Crippen molar-refractivity contribution in [2.45, 2.75) is 18.5 Å². The minimum atomic E-state index is -0.401. The molecule has 0 atom stereocenters. The van der Waals surface area contributed by atoms with Gasteiger partial charge in [0.15, 0.2) is 5.82 Å². The second-order valence-electron chi connectivity index (χ2n) is 4.21. The van der Waals surface area contributed by atoms with Gasteiger partial charge in [-0.25, -0.2) is 0 Å². The standard InChI is InChI=1S/C12H11N5O2S.BrH/c1-2-11-13-14-12-16(11)15-10(7-20-12)8-4-3-5-9(6-8)17(18)19;/h3-6H,2,7H2,1H3;1H. The maximum absolute atomic E-state index is 10.8. The number of thioether (sulfide) groups is 1. The Hall–Kier alpha value is -1.74. The van der Waals surface area contributed by atoms with E-state index in [0.717, 1.165) is 28.7 Å². The average molecular weight is 370 g/mol. The quantitative estimate of drug-likeness (QED) is 0.613. The average Bonchev–Trinajstić information content (AvgIpc) is 2.89. The summed E-state index contributed by atoms with van der Waals surface area (Å²) in [6.45, 7) is 1.99. The summed E-state index contributed by atoms with van der Waals surface area (Å²) in [4.78, 5) is 10.4.